The topological polar surface area (TPSA) is 29.3 Å². The fraction of sp³-hybridized carbons (Fsp3) is 0.667. The average Bonchev–Trinajstić information content (AvgIpc) is 2.90. The van der Waals surface area contributed by atoms with Crippen molar-refractivity contribution in [2.24, 2.45) is 11.7 Å². The van der Waals surface area contributed by atoms with Gasteiger partial charge in [-0.15, -0.1) is 0 Å². The Labute approximate surface area is 124 Å². The monoisotopic (exact) mass is 274 g/mol. The fourth-order valence-electron chi connectivity index (χ4n) is 3.24. The molecular formula is C18H30N2. The van der Waals surface area contributed by atoms with Gasteiger partial charge in [0, 0.05) is 24.8 Å². The molecular weight excluding hydrogens is 244 g/mol. The summed E-state index contributed by atoms with van der Waals surface area (Å²) < 4.78 is 0. The molecule has 0 spiro atoms. The molecule has 0 aliphatic carbocycles. The van der Waals surface area contributed by atoms with Gasteiger partial charge in [0.15, 0.2) is 0 Å². The Morgan fingerprint density at radius 2 is 2.15 bits per heavy atom. The molecule has 1 aliphatic heterocycles. The second-order valence-corrected chi connectivity index (χ2v) is 6.37. The van der Waals surface area contributed by atoms with Gasteiger partial charge >= 0.3 is 0 Å². The Bertz CT molecular complexity index is 427. The van der Waals surface area contributed by atoms with Gasteiger partial charge in [-0.05, 0) is 61.8 Å². The number of hydrogen-bond donors (Lipinski definition) is 1. The molecule has 1 heterocycles. The van der Waals surface area contributed by atoms with Crippen LogP contribution in [-0.2, 0) is 6.42 Å². The van der Waals surface area contributed by atoms with Crippen molar-refractivity contribution >= 4 is 5.69 Å². The maximum atomic E-state index is 6.08. The van der Waals surface area contributed by atoms with Crippen LogP contribution in [0.3, 0.4) is 0 Å². The Kier molecular flexibility index (Phi) is 5.47. The molecule has 0 aromatic heterocycles. The summed E-state index contributed by atoms with van der Waals surface area (Å²) in [5.74, 6) is 0.897. The van der Waals surface area contributed by atoms with Gasteiger partial charge in [0.2, 0.25) is 0 Å². The summed E-state index contributed by atoms with van der Waals surface area (Å²) >= 11 is 0. The number of nitrogens with two attached hydrogens (primary N) is 1. The molecule has 1 fully saturated rings. The highest BCUT2D eigenvalue weighted by Gasteiger charge is 2.22. The van der Waals surface area contributed by atoms with E-state index in [0.717, 1.165) is 18.8 Å². The van der Waals surface area contributed by atoms with E-state index in [9.17, 15) is 0 Å². The normalized spacial score (nSPS) is 20.4. The Balaban J connectivity index is 2.02. The molecule has 2 atom stereocenters. The first kappa shape index (κ1) is 15.4. The summed E-state index contributed by atoms with van der Waals surface area (Å²) in [5, 5.41) is 0. The summed E-state index contributed by atoms with van der Waals surface area (Å²) in [4.78, 5) is 2.55. The molecule has 0 saturated carbocycles. The molecule has 1 saturated heterocycles. The standard InChI is InChI=1S/C18H30N2/c1-4-6-15-9-10-20(13-15)18-8-7-16(14(3)11-18)12-17(19)5-2/h7-8,11,15,17H,4-6,9-10,12-13,19H2,1-3H3. The molecule has 2 nitrogen and oxygen atoms in total. The smallest absolute Gasteiger partial charge is 0.0369 e. The molecule has 112 valence electrons. The van der Waals surface area contributed by atoms with Crippen LogP contribution < -0.4 is 10.6 Å². The molecule has 0 radical (unpaired) electrons. The number of anilines is 1. The van der Waals surface area contributed by atoms with Gasteiger partial charge in [0.1, 0.15) is 0 Å². The van der Waals surface area contributed by atoms with Crippen molar-refractivity contribution in [2.45, 2.75) is 58.9 Å². The first-order valence-electron chi connectivity index (χ1n) is 8.24. The largest absolute Gasteiger partial charge is 0.371 e. The zero-order valence-corrected chi connectivity index (χ0v) is 13.4. The van der Waals surface area contributed by atoms with Crippen molar-refractivity contribution < 1.29 is 0 Å². The van der Waals surface area contributed by atoms with Crippen LogP contribution in [0.15, 0.2) is 18.2 Å². The van der Waals surface area contributed by atoms with E-state index in [4.69, 9.17) is 5.73 Å². The van der Waals surface area contributed by atoms with Crippen LogP contribution in [-0.4, -0.2) is 19.1 Å². The molecule has 0 amide bonds. The third kappa shape index (κ3) is 3.76. The number of benzene rings is 1. The van der Waals surface area contributed by atoms with Crippen LogP contribution in [0.5, 0.6) is 0 Å². The van der Waals surface area contributed by atoms with Crippen molar-refractivity contribution in [3.8, 4) is 0 Å². The van der Waals surface area contributed by atoms with Crippen molar-refractivity contribution in [1.29, 1.82) is 0 Å². The molecule has 2 heteroatoms. The van der Waals surface area contributed by atoms with Crippen LogP contribution in [0, 0.1) is 12.8 Å². The molecule has 20 heavy (non-hydrogen) atoms. The number of rotatable bonds is 6. The van der Waals surface area contributed by atoms with Gasteiger partial charge in [-0.25, -0.2) is 0 Å². The van der Waals surface area contributed by atoms with E-state index in [1.807, 2.05) is 0 Å². The van der Waals surface area contributed by atoms with E-state index < -0.39 is 0 Å². The van der Waals surface area contributed by atoms with Gasteiger partial charge in [-0.1, -0.05) is 26.3 Å². The Morgan fingerprint density at radius 1 is 1.35 bits per heavy atom. The number of hydrogen-bond acceptors (Lipinski definition) is 2. The maximum Gasteiger partial charge on any atom is 0.0369 e. The molecule has 0 bridgehead atoms. The lowest BCUT2D eigenvalue weighted by molar-refractivity contribution is 0.530. The van der Waals surface area contributed by atoms with Gasteiger partial charge < -0.3 is 10.6 Å². The highest BCUT2D eigenvalue weighted by atomic mass is 15.1. The van der Waals surface area contributed by atoms with Gasteiger partial charge in [0.05, 0.1) is 0 Å². The summed E-state index contributed by atoms with van der Waals surface area (Å²) in [6, 6.07) is 7.22. The Morgan fingerprint density at radius 3 is 2.80 bits per heavy atom. The van der Waals surface area contributed by atoms with E-state index >= 15 is 0 Å². The third-order valence-corrected chi connectivity index (χ3v) is 4.68. The lowest BCUT2D eigenvalue weighted by Gasteiger charge is -2.21. The van der Waals surface area contributed by atoms with Crippen molar-refractivity contribution in [1.82, 2.24) is 0 Å². The van der Waals surface area contributed by atoms with Crippen LogP contribution in [0.25, 0.3) is 0 Å². The van der Waals surface area contributed by atoms with E-state index in [1.54, 1.807) is 0 Å². The van der Waals surface area contributed by atoms with Crippen LogP contribution >= 0.6 is 0 Å². The zero-order valence-electron chi connectivity index (χ0n) is 13.4. The maximum absolute atomic E-state index is 6.08. The van der Waals surface area contributed by atoms with E-state index in [-0.39, 0.29) is 0 Å². The zero-order chi connectivity index (χ0) is 14.5. The molecule has 2 rings (SSSR count). The molecule has 2 unspecified atom stereocenters. The second kappa shape index (κ2) is 7.12. The number of aryl methyl sites for hydroxylation is 1. The SMILES string of the molecule is CCCC1CCN(c2ccc(CC(N)CC)c(C)c2)C1. The molecule has 1 aromatic rings. The van der Waals surface area contributed by atoms with Crippen molar-refractivity contribution in [3.05, 3.63) is 29.3 Å². The van der Waals surface area contributed by atoms with Crippen LogP contribution in [0.1, 0.15) is 50.7 Å². The quantitative estimate of drug-likeness (QED) is 0.852. The summed E-state index contributed by atoms with van der Waals surface area (Å²) in [6.45, 7) is 9.13. The highest BCUT2D eigenvalue weighted by molar-refractivity contribution is 5.51. The predicted molar refractivity (Wildman–Crippen MR) is 88.4 cm³/mol. The van der Waals surface area contributed by atoms with Gasteiger partial charge in [-0.2, -0.15) is 0 Å². The minimum Gasteiger partial charge on any atom is -0.371 e. The second-order valence-electron chi connectivity index (χ2n) is 6.37. The highest BCUT2D eigenvalue weighted by Crippen LogP contribution is 2.28. The van der Waals surface area contributed by atoms with Gasteiger partial charge in [-0.3, -0.25) is 0 Å². The molecule has 1 aliphatic rings. The fourth-order valence-corrected chi connectivity index (χ4v) is 3.24. The van der Waals surface area contributed by atoms with E-state index in [1.165, 1.54) is 49.2 Å². The average molecular weight is 274 g/mol. The predicted octanol–water partition coefficient (Wildman–Crippen LogP) is 3.90. The van der Waals surface area contributed by atoms with Gasteiger partial charge in [0.25, 0.3) is 0 Å². The lowest BCUT2D eigenvalue weighted by atomic mass is 9.99. The third-order valence-electron chi connectivity index (χ3n) is 4.68. The van der Waals surface area contributed by atoms with Crippen molar-refractivity contribution in [2.75, 3.05) is 18.0 Å². The van der Waals surface area contributed by atoms with Crippen molar-refractivity contribution in [3.63, 3.8) is 0 Å². The minimum atomic E-state index is 0.292. The summed E-state index contributed by atoms with van der Waals surface area (Å²) in [5.41, 5.74) is 10.3. The summed E-state index contributed by atoms with van der Waals surface area (Å²) in [6.07, 6.45) is 6.09. The van der Waals surface area contributed by atoms with Crippen LogP contribution in [0.2, 0.25) is 0 Å². The van der Waals surface area contributed by atoms with E-state index in [0.29, 0.717) is 6.04 Å². The minimum absolute atomic E-state index is 0.292. The first-order chi connectivity index (χ1) is 9.63. The number of nitrogens with zero attached hydrogens (tertiary/aromatic N) is 1. The Hall–Kier alpha value is -1.02. The first-order valence-corrected chi connectivity index (χ1v) is 8.24. The molecule has 2 N–H and O–H groups in total. The summed E-state index contributed by atoms with van der Waals surface area (Å²) in [7, 11) is 0. The van der Waals surface area contributed by atoms with E-state index in [2.05, 4.69) is 43.9 Å². The van der Waals surface area contributed by atoms with Crippen LogP contribution in [0.4, 0.5) is 5.69 Å². The lowest BCUT2D eigenvalue weighted by Crippen LogP contribution is -2.22. The molecule has 1 aromatic carbocycles.